The van der Waals surface area contributed by atoms with Crippen LogP contribution in [0.3, 0.4) is 0 Å². The molecule has 32 heavy (non-hydrogen) atoms. The highest BCUT2D eigenvalue weighted by Gasteiger charge is 2.21. The molecule has 2 aromatic heterocycles. The summed E-state index contributed by atoms with van der Waals surface area (Å²) in [6.07, 6.45) is 13.3. The van der Waals surface area contributed by atoms with Gasteiger partial charge in [-0.1, -0.05) is 31.4 Å². The van der Waals surface area contributed by atoms with Gasteiger partial charge in [-0.2, -0.15) is 5.10 Å². The summed E-state index contributed by atoms with van der Waals surface area (Å²) >= 11 is 0. The van der Waals surface area contributed by atoms with Crippen molar-refractivity contribution in [1.29, 1.82) is 0 Å². The first-order chi connectivity index (χ1) is 15.6. The molecule has 2 amide bonds. The van der Waals surface area contributed by atoms with Gasteiger partial charge in [0.05, 0.1) is 11.9 Å². The lowest BCUT2D eigenvalue weighted by Crippen LogP contribution is -2.19. The van der Waals surface area contributed by atoms with Gasteiger partial charge in [0.25, 0.3) is 5.91 Å². The number of nitrogens with zero attached hydrogens (tertiary/aromatic N) is 3. The van der Waals surface area contributed by atoms with Crippen molar-refractivity contribution >= 4 is 17.8 Å². The first-order valence-electron chi connectivity index (χ1n) is 11.3. The smallest absolute Gasteiger partial charge is 0.257 e. The van der Waals surface area contributed by atoms with Crippen LogP contribution in [0.5, 0.6) is 0 Å². The number of benzene rings is 1. The number of carbonyl (C=O) groups is 2. The summed E-state index contributed by atoms with van der Waals surface area (Å²) in [4.78, 5) is 29.3. The van der Waals surface area contributed by atoms with Crippen molar-refractivity contribution in [1.82, 2.24) is 25.1 Å². The number of carbonyl (C=O) groups excluding carboxylic acids is 2. The van der Waals surface area contributed by atoms with E-state index in [1.165, 1.54) is 19.3 Å². The third-order valence-electron chi connectivity index (χ3n) is 6.05. The molecule has 0 bridgehead atoms. The normalized spacial score (nSPS) is 14.3. The van der Waals surface area contributed by atoms with E-state index in [1.807, 2.05) is 18.2 Å². The Labute approximate surface area is 187 Å². The summed E-state index contributed by atoms with van der Waals surface area (Å²) in [5.41, 5.74) is 3.34. The second-order valence-corrected chi connectivity index (χ2v) is 8.30. The number of aryl methyl sites for hydroxylation is 1. The molecule has 0 unspecified atom stereocenters. The zero-order valence-electron chi connectivity index (χ0n) is 18.4. The van der Waals surface area contributed by atoms with E-state index in [1.54, 1.807) is 25.5 Å². The van der Waals surface area contributed by atoms with E-state index in [0.29, 0.717) is 30.4 Å². The molecule has 4 rings (SSSR count). The van der Waals surface area contributed by atoms with E-state index >= 15 is 0 Å². The highest BCUT2D eigenvalue weighted by Crippen LogP contribution is 2.31. The van der Waals surface area contributed by atoms with Crippen molar-refractivity contribution in [2.45, 2.75) is 57.4 Å². The molecule has 1 saturated carbocycles. The number of rotatable bonds is 8. The molecule has 0 radical (unpaired) electrons. The van der Waals surface area contributed by atoms with Gasteiger partial charge in [0.15, 0.2) is 0 Å². The quantitative estimate of drug-likeness (QED) is 0.496. The van der Waals surface area contributed by atoms with Crippen LogP contribution in [0, 0.1) is 0 Å². The molecule has 1 aromatic carbocycles. The molecule has 0 atom stereocenters. The zero-order valence-corrected chi connectivity index (χ0v) is 18.4. The Bertz CT molecular complexity index is 1050. The summed E-state index contributed by atoms with van der Waals surface area (Å²) in [7, 11) is 1.65. The first-order valence-corrected chi connectivity index (χ1v) is 11.3. The van der Waals surface area contributed by atoms with Crippen molar-refractivity contribution < 1.29 is 9.59 Å². The van der Waals surface area contributed by atoms with Gasteiger partial charge < -0.3 is 9.88 Å². The monoisotopic (exact) mass is 434 g/mol. The zero-order chi connectivity index (χ0) is 22.3. The van der Waals surface area contributed by atoms with Crippen LogP contribution >= 0.6 is 0 Å². The second kappa shape index (κ2) is 10.3. The fraction of sp³-hybridized carbons (Fsp3) is 0.417. The molecule has 8 nitrogen and oxygen atoms in total. The van der Waals surface area contributed by atoms with Crippen molar-refractivity contribution in [3.63, 3.8) is 0 Å². The SMILES string of the molecule is CNC(=O)CCCc1cn(C2CCCCC2)c(NC(=O)c2cccc(-c3cn[nH]c3)c2)n1. The van der Waals surface area contributed by atoms with Crippen LogP contribution in [0.2, 0.25) is 0 Å². The number of nitrogens with one attached hydrogen (secondary N) is 3. The lowest BCUT2D eigenvalue weighted by Gasteiger charge is -2.24. The fourth-order valence-electron chi connectivity index (χ4n) is 4.27. The molecule has 0 aliphatic heterocycles. The second-order valence-electron chi connectivity index (χ2n) is 8.30. The Morgan fingerprint density at radius 1 is 1.19 bits per heavy atom. The maximum Gasteiger partial charge on any atom is 0.257 e. The summed E-state index contributed by atoms with van der Waals surface area (Å²) in [6, 6.07) is 7.83. The molecule has 3 aromatic rings. The number of anilines is 1. The Morgan fingerprint density at radius 2 is 2.03 bits per heavy atom. The Morgan fingerprint density at radius 3 is 2.78 bits per heavy atom. The summed E-state index contributed by atoms with van der Waals surface area (Å²) in [5.74, 6) is 0.434. The Hall–Kier alpha value is -3.42. The van der Waals surface area contributed by atoms with E-state index < -0.39 is 0 Å². The van der Waals surface area contributed by atoms with Crippen LogP contribution in [0.4, 0.5) is 5.95 Å². The molecular formula is C24H30N6O2. The predicted octanol–water partition coefficient (Wildman–Crippen LogP) is 4.10. The molecular weight excluding hydrogens is 404 g/mol. The minimum atomic E-state index is -0.185. The predicted molar refractivity (Wildman–Crippen MR) is 123 cm³/mol. The van der Waals surface area contributed by atoms with Crippen LogP contribution in [-0.4, -0.2) is 38.6 Å². The standard InChI is InChI=1S/C24H30N6O2/c1-25-22(31)12-6-9-20-16-30(21-10-3-2-4-11-21)24(28-20)29-23(32)18-8-5-7-17(13-18)19-14-26-27-15-19/h5,7-8,13-16,21H,2-4,6,9-12H2,1H3,(H,25,31)(H,26,27)(H,28,29,32). The van der Waals surface area contributed by atoms with Crippen molar-refractivity contribution in [3.8, 4) is 11.1 Å². The lowest BCUT2D eigenvalue weighted by atomic mass is 9.95. The van der Waals surface area contributed by atoms with Gasteiger partial charge in [-0.15, -0.1) is 0 Å². The fourth-order valence-corrected chi connectivity index (χ4v) is 4.27. The molecule has 8 heteroatoms. The van der Waals surface area contributed by atoms with E-state index in [9.17, 15) is 9.59 Å². The molecule has 0 spiro atoms. The van der Waals surface area contributed by atoms with Crippen molar-refractivity contribution in [2.24, 2.45) is 0 Å². The van der Waals surface area contributed by atoms with Crippen molar-refractivity contribution in [2.75, 3.05) is 12.4 Å². The first kappa shape index (κ1) is 21.8. The van der Waals surface area contributed by atoms with E-state index in [-0.39, 0.29) is 11.8 Å². The number of H-pyrrole nitrogens is 1. The topological polar surface area (TPSA) is 105 Å². The molecule has 1 aliphatic rings. The third-order valence-corrected chi connectivity index (χ3v) is 6.05. The molecule has 168 valence electrons. The summed E-state index contributed by atoms with van der Waals surface area (Å²) in [5, 5.41) is 12.5. The van der Waals surface area contributed by atoms with Crippen LogP contribution in [0.1, 0.15) is 67.0 Å². The van der Waals surface area contributed by atoms with Gasteiger partial charge in [-0.05, 0) is 43.4 Å². The highest BCUT2D eigenvalue weighted by atomic mass is 16.2. The van der Waals surface area contributed by atoms with E-state index in [0.717, 1.165) is 36.1 Å². The van der Waals surface area contributed by atoms with Crippen LogP contribution in [0.25, 0.3) is 11.1 Å². The Kier molecular flexibility index (Phi) is 6.99. The van der Waals surface area contributed by atoms with Gasteiger partial charge in [-0.3, -0.25) is 20.0 Å². The highest BCUT2D eigenvalue weighted by molar-refractivity contribution is 6.04. The number of aromatic nitrogens is 4. The number of hydrogen-bond acceptors (Lipinski definition) is 4. The molecule has 1 fully saturated rings. The average Bonchev–Trinajstić information content (AvgIpc) is 3.50. The van der Waals surface area contributed by atoms with Gasteiger partial charge in [0.1, 0.15) is 0 Å². The number of imidazole rings is 1. The molecule has 2 heterocycles. The van der Waals surface area contributed by atoms with Crippen molar-refractivity contribution in [3.05, 3.63) is 54.1 Å². The van der Waals surface area contributed by atoms with Gasteiger partial charge in [-0.25, -0.2) is 4.98 Å². The minimum absolute atomic E-state index is 0.0303. The van der Waals surface area contributed by atoms with E-state index in [2.05, 4.69) is 31.6 Å². The maximum absolute atomic E-state index is 13.1. The molecule has 1 aliphatic carbocycles. The summed E-state index contributed by atoms with van der Waals surface area (Å²) in [6.45, 7) is 0. The van der Waals surface area contributed by atoms with Gasteiger partial charge in [0, 0.05) is 43.0 Å². The average molecular weight is 435 g/mol. The number of aromatic amines is 1. The largest absolute Gasteiger partial charge is 0.359 e. The van der Waals surface area contributed by atoms with Gasteiger partial charge in [0.2, 0.25) is 11.9 Å². The summed E-state index contributed by atoms with van der Waals surface area (Å²) < 4.78 is 2.13. The molecule has 3 N–H and O–H groups in total. The van der Waals surface area contributed by atoms with E-state index in [4.69, 9.17) is 4.98 Å². The Balaban J connectivity index is 1.52. The molecule has 0 saturated heterocycles. The van der Waals surface area contributed by atoms with Gasteiger partial charge >= 0.3 is 0 Å². The number of amides is 2. The lowest BCUT2D eigenvalue weighted by molar-refractivity contribution is -0.120. The number of hydrogen-bond donors (Lipinski definition) is 3. The third kappa shape index (κ3) is 5.25. The minimum Gasteiger partial charge on any atom is -0.359 e. The van der Waals surface area contributed by atoms with Crippen LogP contribution < -0.4 is 10.6 Å². The van der Waals surface area contributed by atoms with Crippen LogP contribution in [-0.2, 0) is 11.2 Å². The van der Waals surface area contributed by atoms with Crippen LogP contribution in [0.15, 0.2) is 42.9 Å². The maximum atomic E-state index is 13.1.